The van der Waals surface area contributed by atoms with Crippen LogP contribution < -0.4 is 14.2 Å². The number of anilines is 2. The largest absolute Gasteiger partial charge is 0.495 e. The highest BCUT2D eigenvalue weighted by Gasteiger charge is 2.18. The Balaban J connectivity index is 2.40. The Labute approximate surface area is 145 Å². The molecule has 0 radical (unpaired) electrons. The maximum atomic E-state index is 12.4. The molecule has 10 heteroatoms. The van der Waals surface area contributed by atoms with Crippen molar-refractivity contribution in [3.8, 4) is 5.75 Å². The molecule has 0 heterocycles. The van der Waals surface area contributed by atoms with E-state index in [1.54, 1.807) is 12.1 Å². The lowest BCUT2D eigenvalue weighted by atomic mass is 10.2. The van der Waals surface area contributed by atoms with Crippen LogP contribution in [0.2, 0.25) is 5.02 Å². The average Bonchev–Trinajstić information content (AvgIpc) is 2.45. The van der Waals surface area contributed by atoms with Gasteiger partial charge in [0.2, 0.25) is 10.0 Å². The maximum absolute atomic E-state index is 12.4. The van der Waals surface area contributed by atoms with Gasteiger partial charge in [-0.05, 0) is 30.3 Å². The van der Waals surface area contributed by atoms with Crippen LogP contribution in [0.1, 0.15) is 0 Å². The van der Waals surface area contributed by atoms with Gasteiger partial charge in [0.25, 0.3) is 10.0 Å². The lowest BCUT2D eigenvalue weighted by Crippen LogP contribution is -2.14. The summed E-state index contributed by atoms with van der Waals surface area (Å²) in [5.74, 6) is 0.251. The highest BCUT2D eigenvalue weighted by molar-refractivity contribution is 7.93. The lowest BCUT2D eigenvalue weighted by Gasteiger charge is -2.13. The SMILES string of the molecule is COc1ccc(NS(=O)(=O)c2ccccc2Cl)cc1NS(C)(=O)=O. The zero-order valence-electron chi connectivity index (χ0n) is 12.8. The molecule has 2 aromatic rings. The first kappa shape index (κ1) is 18.4. The van der Waals surface area contributed by atoms with E-state index in [-0.39, 0.29) is 27.0 Å². The monoisotopic (exact) mass is 390 g/mol. The van der Waals surface area contributed by atoms with Crippen LogP contribution in [-0.2, 0) is 20.0 Å². The molecule has 2 rings (SSSR count). The summed E-state index contributed by atoms with van der Waals surface area (Å²) >= 11 is 5.91. The van der Waals surface area contributed by atoms with Crippen LogP contribution in [0.5, 0.6) is 5.75 Å². The van der Waals surface area contributed by atoms with Crippen molar-refractivity contribution in [2.75, 3.05) is 22.8 Å². The summed E-state index contributed by atoms with van der Waals surface area (Å²) in [4.78, 5) is -0.0832. The molecule has 0 unspecified atom stereocenters. The van der Waals surface area contributed by atoms with Crippen LogP contribution >= 0.6 is 11.6 Å². The van der Waals surface area contributed by atoms with Gasteiger partial charge in [-0.2, -0.15) is 0 Å². The second-order valence-electron chi connectivity index (χ2n) is 4.83. The Kier molecular flexibility index (Phi) is 5.26. The fourth-order valence-corrected chi connectivity index (χ4v) is 4.05. The van der Waals surface area contributed by atoms with Gasteiger partial charge in [0.05, 0.1) is 29.8 Å². The molecule has 130 valence electrons. The van der Waals surface area contributed by atoms with E-state index in [0.717, 1.165) is 6.26 Å². The highest BCUT2D eigenvalue weighted by atomic mass is 35.5. The molecule has 0 amide bonds. The van der Waals surface area contributed by atoms with Gasteiger partial charge < -0.3 is 4.74 Å². The van der Waals surface area contributed by atoms with Gasteiger partial charge >= 0.3 is 0 Å². The molecular formula is C14H15ClN2O5S2. The summed E-state index contributed by atoms with van der Waals surface area (Å²) in [5, 5.41) is 0.0768. The fourth-order valence-electron chi connectivity index (χ4n) is 1.92. The molecule has 7 nitrogen and oxygen atoms in total. The molecule has 0 aromatic heterocycles. The smallest absolute Gasteiger partial charge is 0.263 e. The second kappa shape index (κ2) is 6.88. The van der Waals surface area contributed by atoms with E-state index >= 15 is 0 Å². The van der Waals surface area contributed by atoms with E-state index in [1.807, 2.05) is 0 Å². The number of halogens is 1. The molecule has 0 atom stereocenters. The van der Waals surface area contributed by atoms with Crippen molar-refractivity contribution in [1.82, 2.24) is 0 Å². The maximum Gasteiger partial charge on any atom is 0.263 e. The molecular weight excluding hydrogens is 376 g/mol. The molecule has 2 N–H and O–H groups in total. The fraction of sp³-hybridized carbons (Fsp3) is 0.143. The first-order chi connectivity index (χ1) is 11.1. The van der Waals surface area contributed by atoms with Crippen LogP contribution in [0, 0.1) is 0 Å². The standard InChI is InChI=1S/C14H15ClN2O5S2/c1-22-13-8-7-10(9-12(13)17-23(2,18)19)16-24(20,21)14-6-4-3-5-11(14)15/h3-9,16-17H,1-2H3. The minimum absolute atomic E-state index is 0.0768. The van der Waals surface area contributed by atoms with Gasteiger partial charge in [0.1, 0.15) is 10.6 Å². The third-order valence-corrected chi connectivity index (χ3v) is 5.35. The number of sulfonamides is 2. The molecule has 0 saturated heterocycles. The van der Waals surface area contributed by atoms with Crippen LogP contribution in [0.15, 0.2) is 47.4 Å². The van der Waals surface area contributed by atoms with Gasteiger partial charge in [-0.1, -0.05) is 23.7 Å². The predicted molar refractivity (Wildman–Crippen MR) is 93.7 cm³/mol. The topological polar surface area (TPSA) is 102 Å². The summed E-state index contributed by atoms with van der Waals surface area (Å²) in [6, 6.07) is 10.2. The molecule has 0 saturated carbocycles. The van der Waals surface area contributed by atoms with Gasteiger partial charge in [0.15, 0.2) is 0 Å². The van der Waals surface area contributed by atoms with Crippen LogP contribution in [0.4, 0.5) is 11.4 Å². The Morgan fingerprint density at radius 3 is 2.25 bits per heavy atom. The molecule has 0 spiro atoms. The van der Waals surface area contributed by atoms with Crippen LogP contribution in [0.3, 0.4) is 0 Å². The number of hydrogen-bond acceptors (Lipinski definition) is 5. The Hall–Kier alpha value is -1.97. The average molecular weight is 391 g/mol. The number of hydrogen-bond donors (Lipinski definition) is 2. The van der Waals surface area contributed by atoms with Crippen molar-refractivity contribution in [3.05, 3.63) is 47.5 Å². The summed E-state index contributed by atoms with van der Waals surface area (Å²) in [6.07, 6.45) is 0.979. The van der Waals surface area contributed by atoms with Crippen molar-refractivity contribution in [2.45, 2.75) is 4.90 Å². The molecule has 24 heavy (non-hydrogen) atoms. The van der Waals surface area contributed by atoms with E-state index < -0.39 is 20.0 Å². The first-order valence-electron chi connectivity index (χ1n) is 6.55. The van der Waals surface area contributed by atoms with Crippen molar-refractivity contribution in [1.29, 1.82) is 0 Å². The number of ether oxygens (including phenoxy) is 1. The minimum atomic E-state index is -3.92. The Morgan fingerprint density at radius 2 is 1.67 bits per heavy atom. The third-order valence-electron chi connectivity index (χ3n) is 2.87. The van der Waals surface area contributed by atoms with Gasteiger partial charge in [-0.15, -0.1) is 0 Å². The molecule has 0 fully saturated rings. The van der Waals surface area contributed by atoms with Crippen molar-refractivity contribution in [2.24, 2.45) is 0 Å². The van der Waals surface area contributed by atoms with E-state index in [0.29, 0.717) is 0 Å². The molecule has 0 aliphatic carbocycles. The van der Waals surface area contributed by atoms with Crippen molar-refractivity contribution in [3.63, 3.8) is 0 Å². The van der Waals surface area contributed by atoms with E-state index in [2.05, 4.69) is 9.44 Å². The zero-order valence-corrected chi connectivity index (χ0v) is 15.2. The second-order valence-corrected chi connectivity index (χ2v) is 8.63. The normalized spacial score (nSPS) is 11.8. The number of rotatable bonds is 6. The van der Waals surface area contributed by atoms with E-state index in [9.17, 15) is 16.8 Å². The Bertz CT molecular complexity index is 959. The van der Waals surface area contributed by atoms with Crippen molar-refractivity contribution >= 4 is 43.0 Å². The summed E-state index contributed by atoms with van der Waals surface area (Å²) < 4.78 is 57.3. The van der Waals surface area contributed by atoms with Crippen LogP contribution in [-0.4, -0.2) is 30.2 Å². The van der Waals surface area contributed by atoms with Gasteiger partial charge in [-0.25, -0.2) is 16.8 Å². The summed E-state index contributed by atoms with van der Waals surface area (Å²) in [7, 11) is -6.11. The predicted octanol–water partition coefficient (Wildman–Crippen LogP) is 2.52. The molecule has 0 bridgehead atoms. The first-order valence-corrected chi connectivity index (χ1v) is 10.3. The third kappa shape index (κ3) is 4.53. The van der Waals surface area contributed by atoms with Gasteiger partial charge in [0, 0.05) is 0 Å². The summed E-state index contributed by atoms with van der Waals surface area (Å²) in [5.41, 5.74) is 0.265. The zero-order chi connectivity index (χ0) is 18.0. The quantitative estimate of drug-likeness (QED) is 0.789. The minimum Gasteiger partial charge on any atom is -0.495 e. The molecule has 0 aliphatic rings. The molecule has 0 aliphatic heterocycles. The Morgan fingerprint density at radius 1 is 1.00 bits per heavy atom. The van der Waals surface area contributed by atoms with Crippen molar-refractivity contribution < 1.29 is 21.6 Å². The van der Waals surface area contributed by atoms with E-state index in [1.165, 1.54) is 37.4 Å². The number of nitrogens with one attached hydrogen (secondary N) is 2. The lowest BCUT2D eigenvalue weighted by molar-refractivity contribution is 0.417. The van der Waals surface area contributed by atoms with Crippen LogP contribution in [0.25, 0.3) is 0 Å². The highest BCUT2D eigenvalue weighted by Crippen LogP contribution is 2.30. The van der Waals surface area contributed by atoms with E-state index in [4.69, 9.17) is 16.3 Å². The summed E-state index contributed by atoms with van der Waals surface area (Å²) in [6.45, 7) is 0. The number of benzene rings is 2. The van der Waals surface area contributed by atoms with Gasteiger partial charge in [-0.3, -0.25) is 9.44 Å². The number of methoxy groups -OCH3 is 1. The molecule has 2 aromatic carbocycles.